The number of benzene rings is 7. The molecule has 0 N–H and O–H groups in total. The number of aromatic nitrogens is 9. The summed E-state index contributed by atoms with van der Waals surface area (Å²) < 4.78 is 18.1. The molecule has 0 amide bonds. The number of nitrogens with zero attached hydrogens (tertiary/aromatic N) is 9. The molecule has 2 aliphatic rings. The van der Waals surface area contributed by atoms with Crippen molar-refractivity contribution in [2.24, 2.45) is 29.6 Å². The first-order valence-corrected chi connectivity index (χ1v) is 63.0. The van der Waals surface area contributed by atoms with Crippen LogP contribution in [-0.4, -0.2) is 69.1 Å². The van der Waals surface area contributed by atoms with E-state index in [9.17, 15) is 0 Å². The van der Waals surface area contributed by atoms with Gasteiger partial charge in [0.25, 0.3) is 0 Å². The van der Waals surface area contributed by atoms with E-state index in [0.29, 0.717) is 41.0 Å². The molecule has 12 heterocycles. The second-order valence-corrected chi connectivity index (χ2v) is 58.8. The van der Waals surface area contributed by atoms with Crippen LogP contribution in [0.4, 0.5) is 0 Å². The first kappa shape index (κ1) is 113. The first-order valence-electron chi connectivity index (χ1n) is 52.5. The summed E-state index contributed by atoms with van der Waals surface area (Å²) >= 11 is 0. The number of fused-ring (bicyclic) bond motifs is 9. The first-order chi connectivity index (χ1) is 69.4. The van der Waals surface area contributed by atoms with Gasteiger partial charge in [0.1, 0.15) is 5.58 Å². The summed E-state index contributed by atoms with van der Waals surface area (Å²) in [4.78, 5) is 41.6. The fourth-order valence-electron chi connectivity index (χ4n) is 20.3. The van der Waals surface area contributed by atoms with Crippen molar-refractivity contribution in [2.45, 2.75) is 243 Å². The van der Waals surface area contributed by atoms with Crippen LogP contribution >= 0.6 is 0 Å². The predicted molar refractivity (Wildman–Crippen MR) is 610 cm³/mol. The Balaban J connectivity index is 0.000000148. The second-order valence-electron chi connectivity index (χ2n) is 43.7. The average molecular weight is 2530 g/mol. The Labute approximate surface area is 916 Å². The second kappa shape index (κ2) is 52.4. The van der Waals surface area contributed by atoms with Gasteiger partial charge in [-0.15, -0.1) is 149 Å². The van der Waals surface area contributed by atoms with E-state index in [-0.39, 0.29) is 60.3 Å². The molecule has 0 bridgehead atoms. The minimum Gasteiger partial charge on any atom is -0.475 e. The van der Waals surface area contributed by atoms with E-state index in [4.69, 9.17) is 18.2 Å². The molecule has 21 rings (SSSR count). The Kier molecular flexibility index (Phi) is 40.3. The maximum atomic E-state index is 6.19. The molecular formula is C129H141Ir3N9O3Si3-6. The minimum atomic E-state index is -1.34. The van der Waals surface area contributed by atoms with Gasteiger partial charge in [0, 0.05) is 130 Å². The van der Waals surface area contributed by atoms with E-state index in [0.717, 1.165) is 190 Å². The fourth-order valence-corrected chi connectivity index (χ4v) is 25.1. The Morgan fingerprint density at radius 3 is 1.37 bits per heavy atom. The zero-order valence-electron chi connectivity index (χ0n) is 89.1. The van der Waals surface area contributed by atoms with Gasteiger partial charge in [0.05, 0.1) is 46.7 Å². The van der Waals surface area contributed by atoms with Crippen LogP contribution in [0.1, 0.15) is 190 Å². The van der Waals surface area contributed by atoms with Crippen LogP contribution in [0.2, 0.25) is 58.9 Å². The van der Waals surface area contributed by atoms with Crippen LogP contribution in [0.5, 0.6) is 0 Å². The van der Waals surface area contributed by atoms with Crippen LogP contribution < -0.4 is 15.6 Å². The van der Waals surface area contributed by atoms with E-state index in [1.807, 2.05) is 141 Å². The zero-order valence-corrected chi connectivity index (χ0v) is 99.3. The number of pyridine rings is 9. The number of para-hydroxylation sites is 1. The summed E-state index contributed by atoms with van der Waals surface area (Å²) in [6, 6.07) is 97.3. The van der Waals surface area contributed by atoms with Crippen LogP contribution in [0, 0.1) is 73.0 Å². The molecular weight excluding hydrogens is 2380 g/mol. The molecule has 0 aliphatic heterocycles. The topological polar surface area (TPSA) is 155 Å². The fraction of sp³-hybridized carbons (Fsp3) is 0.326. The van der Waals surface area contributed by atoms with Crippen molar-refractivity contribution in [3.63, 3.8) is 0 Å². The van der Waals surface area contributed by atoms with Crippen molar-refractivity contribution in [2.75, 3.05) is 0 Å². The molecule has 3 radical (unpaired) electrons. The Hall–Kier alpha value is -11.1. The molecule has 12 nitrogen and oxygen atoms in total. The van der Waals surface area contributed by atoms with E-state index >= 15 is 0 Å². The van der Waals surface area contributed by atoms with E-state index in [1.165, 1.54) is 113 Å². The monoisotopic (exact) mass is 2530 g/mol. The maximum Gasteiger partial charge on any atom is 0.216 e. The third-order valence-electron chi connectivity index (χ3n) is 27.9. The van der Waals surface area contributed by atoms with Crippen molar-refractivity contribution in [1.82, 2.24) is 44.9 Å². The molecule has 0 saturated heterocycles. The molecule has 0 spiro atoms. The molecule has 12 aromatic heterocycles. The van der Waals surface area contributed by atoms with Gasteiger partial charge in [-0.25, -0.2) is 9.97 Å². The van der Waals surface area contributed by atoms with Crippen LogP contribution in [0.3, 0.4) is 0 Å². The van der Waals surface area contributed by atoms with Crippen molar-refractivity contribution >= 4 is 106 Å². The molecule has 1 atom stereocenters. The van der Waals surface area contributed by atoms with Crippen LogP contribution in [-0.2, 0) is 86.0 Å². The Morgan fingerprint density at radius 2 is 0.837 bits per heavy atom. The van der Waals surface area contributed by atoms with Gasteiger partial charge < -0.3 is 48.1 Å². The van der Waals surface area contributed by atoms with Crippen molar-refractivity contribution in [3.8, 4) is 78.8 Å². The molecule has 765 valence electrons. The van der Waals surface area contributed by atoms with Crippen molar-refractivity contribution in [1.29, 1.82) is 0 Å². The van der Waals surface area contributed by atoms with Crippen LogP contribution in [0.25, 0.3) is 145 Å². The van der Waals surface area contributed by atoms with Gasteiger partial charge in [-0.1, -0.05) is 332 Å². The molecule has 18 heteroatoms. The molecule has 2 aliphatic carbocycles. The predicted octanol–water partition coefficient (Wildman–Crippen LogP) is 33.1. The third-order valence-corrected chi connectivity index (χ3v) is 34.1. The summed E-state index contributed by atoms with van der Waals surface area (Å²) in [6.07, 6.45) is 35.7. The number of rotatable bonds is 23. The van der Waals surface area contributed by atoms with Crippen LogP contribution in [0.15, 0.2) is 287 Å². The summed E-state index contributed by atoms with van der Waals surface area (Å²) in [7, 11) is -4.02. The Morgan fingerprint density at radius 1 is 0.367 bits per heavy atom. The summed E-state index contributed by atoms with van der Waals surface area (Å²) in [5.74, 6) is 4.73. The maximum absolute atomic E-state index is 6.19. The molecule has 1 unspecified atom stereocenters. The average Bonchev–Trinajstić information content (AvgIpc) is 1.61. The number of hydrogen-bond acceptors (Lipinski definition) is 12. The van der Waals surface area contributed by atoms with E-state index in [1.54, 1.807) is 0 Å². The van der Waals surface area contributed by atoms with Crippen molar-refractivity contribution < 1.29 is 73.6 Å². The smallest absolute Gasteiger partial charge is 0.216 e. The van der Waals surface area contributed by atoms with Gasteiger partial charge in [0.15, 0.2) is 0 Å². The van der Waals surface area contributed by atoms with E-state index in [2.05, 4.69) is 338 Å². The van der Waals surface area contributed by atoms with Gasteiger partial charge in [0.2, 0.25) is 11.4 Å². The molecule has 7 aromatic carbocycles. The quantitative estimate of drug-likeness (QED) is 0.0442. The molecule has 147 heavy (non-hydrogen) atoms. The summed E-state index contributed by atoms with van der Waals surface area (Å²) in [5, 5.41) is 9.63. The largest absolute Gasteiger partial charge is 0.475 e. The van der Waals surface area contributed by atoms with E-state index < -0.39 is 24.2 Å². The van der Waals surface area contributed by atoms with Crippen molar-refractivity contribution in [3.05, 3.63) is 349 Å². The van der Waals surface area contributed by atoms with Gasteiger partial charge in [-0.05, 0) is 192 Å². The minimum absolute atomic E-state index is 0. The van der Waals surface area contributed by atoms with Gasteiger partial charge >= 0.3 is 0 Å². The van der Waals surface area contributed by atoms with Gasteiger partial charge in [-0.2, -0.15) is 0 Å². The number of hydrogen-bond donors (Lipinski definition) is 0. The number of aryl methyl sites for hydroxylation is 1. The summed E-state index contributed by atoms with van der Waals surface area (Å²) in [5.41, 5.74) is 28.9. The summed E-state index contributed by atoms with van der Waals surface area (Å²) in [6.45, 7) is 44.0. The van der Waals surface area contributed by atoms with Gasteiger partial charge in [-0.3, -0.25) is 0 Å². The number of furan rings is 3. The molecule has 2 fully saturated rings. The molecule has 2 saturated carbocycles. The SMILES string of the molecule is CC(C)Cc1cc(-c2[c-]cccc2)ncc1[Si](C)(C)C.CC(C)Cc1cc(-c2[c-]cccc2)ncc1[Si](C)(C)C.CC(C)Cc1cc(-c2[c-]cccc2)ncc1[Si](C)(C)C.CC(c1ccnc(-c2[c-]cc3c(c2)oc2nc(-c4ccccc4)ccc23)c1)C1CCCCC1.CCC(CC)c1ccnc(-c2[c-]c3oc4nc(C)ccc4c3cc2)c1.[Ir].[Ir].[Ir].[c-]1nc2c(cc1-c1cc(CC3CCCCC3)ccn1)oc1ccccc12. The normalized spacial score (nSPS) is 13.2. The Bertz CT molecular complexity index is 7230. The zero-order chi connectivity index (χ0) is 101. The standard InChI is InChI=1S/C30H27N2O.C23H21N2O.C22H21N2O.3C18H24NSi.3Ir/c1-20(21-8-4-2-5-9-21)23-16-17-31-28(18-23)24-12-13-25-26-14-15-27(22-10-6-3-7-11-22)32-30(26)33-29(25)19-24;1-2-6-16(7-3-1)12-17-10-11-24-20(13-17)18-14-22-23(25-15-18)19-8-4-5-9-21(19)26-22;1-4-15(5-2)16-10-11-23-20(12-16)17-7-9-18-19-8-6-14(3)24-22(19)25-21(18)13-17;3*1-14(2)11-16-12-17(15-9-7-6-8-10-15)19-13-18(16)20(3,4)5;;;/h3,6-7,10-11,13-21H,2,4-5,8-9H2,1H3;4-5,8-11,13-14,16H,1-3,6-7,12H2;6-12,15H,4-5H2,1-3H3;3*6-9,12-14H,11H2,1-5H3;;;/q6*-1;;;. The third kappa shape index (κ3) is 29.6. The molecule has 19 aromatic rings.